The van der Waals surface area contributed by atoms with E-state index in [0.717, 1.165) is 0 Å². The van der Waals surface area contributed by atoms with E-state index in [2.05, 4.69) is 5.16 Å². The van der Waals surface area contributed by atoms with E-state index in [1.165, 1.54) is 4.90 Å². The Balaban J connectivity index is 2.87. The molecule has 0 heterocycles. The molecule has 0 aliphatic carbocycles. The van der Waals surface area contributed by atoms with Crippen molar-refractivity contribution in [2.24, 2.45) is 10.9 Å². The zero-order valence-corrected chi connectivity index (χ0v) is 13.1. The second kappa shape index (κ2) is 8.71. The Kier molecular flexibility index (Phi) is 7.28. The van der Waals surface area contributed by atoms with Crippen LogP contribution in [0.4, 0.5) is 0 Å². The molecule has 3 N–H and O–H groups in total. The fourth-order valence-electron chi connectivity index (χ4n) is 1.68. The molecule has 1 amide bonds. The highest BCUT2D eigenvalue weighted by Gasteiger charge is 2.17. The van der Waals surface area contributed by atoms with Gasteiger partial charge in [0.1, 0.15) is 5.84 Å². The number of nitrogens with two attached hydrogens (primary N) is 1. The predicted octanol–water partition coefficient (Wildman–Crippen LogP) is 2.22. The Morgan fingerprint density at radius 3 is 2.48 bits per heavy atom. The number of hydrogen-bond acceptors (Lipinski definition) is 4. The summed E-state index contributed by atoms with van der Waals surface area (Å²) in [6.45, 7) is 1.04. The number of methoxy groups -OCH3 is 1. The number of benzene rings is 1. The lowest BCUT2D eigenvalue weighted by atomic mass is 10.2. The van der Waals surface area contributed by atoms with Crippen molar-refractivity contribution in [3.8, 4) is 0 Å². The third kappa shape index (κ3) is 5.79. The molecule has 1 rings (SSSR count). The van der Waals surface area contributed by atoms with Crippen molar-refractivity contribution in [1.82, 2.24) is 4.90 Å². The molecular weight excluding hydrogens is 317 g/mol. The van der Waals surface area contributed by atoms with Gasteiger partial charge in [0.05, 0.1) is 6.61 Å². The van der Waals surface area contributed by atoms with Crippen LogP contribution in [0, 0.1) is 0 Å². The van der Waals surface area contributed by atoms with Gasteiger partial charge >= 0.3 is 0 Å². The first-order chi connectivity index (χ1) is 9.97. The summed E-state index contributed by atoms with van der Waals surface area (Å²) in [6.07, 6.45) is 0.250. The summed E-state index contributed by atoms with van der Waals surface area (Å²) in [7, 11) is 1.54. The normalized spacial score (nSPS) is 11.5. The summed E-state index contributed by atoms with van der Waals surface area (Å²) >= 11 is 11.8. The first-order valence-corrected chi connectivity index (χ1v) is 6.94. The monoisotopic (exact) mass is 333 g/mol. The maximum Gasteiger partial charge on any atom is 0.254 e. The average Bonchev–Trinajstić information content (AvgIpc) is 2.45. The van der Waals surface area contributed by atoms with Crippen LogP contribution in [-0.2, 0) is 4.74 Å². The molecule has 0 spiro atoms. The van der Waals surface area contributed by atoms with Gasteiger partial charge in [-0.15, -0.1) is 0 Å². The Morgan fingerprint density at radius 1 is 1.33 bits per heavy atom. The second-order valence-electron chi connectivity index (χ2n) is 4.28. The van der Waals surface area contributed by atoms with Gasteiger partial charge in [-0.05, 0) is 18.2 Å². The first kappa shape index (κ1) is 17.6. The van der Waals surface area contributed by atoms with Crippen LogP contribution in [0.15, 0.2) is 23.4 Å². The summed E-state index contributed by atoms with van der Waals surface area (Å²) in [6, 6.07) is 4.63. The molecule has 1 aromatic carbocycles. The number of ether oxygens (including phenoxy) is 1. The van der Waals surface area contributed by atoms with Crippen molar-refractivity contribution in [2.45, 2.75) is 6.42 Å². The minimum absolute atomic E-state index is 0.0503. The average molecular weight is 334 g/mol. The lowest BCUT2D eigenvalue weighted by Crippen LogP contribution is -2.36. The lowest BCUT2D eigenvalue weighted by molar-refractivity contribution is 0.0700. The Labute approximate surface area is 133 Å². The number of halogens is 2. The Bertz CT molecular complexity index is 503. The molecule has 6 nitrogen and oxygen atoms in total. The van der Waals surface area contributed by atoms with Crippen LogP contribution in [0.3, 0.4) is 0 Å². The van der Waals surface area contributed by atoms with Gasteiger partial charge in [0.2, 0.25) is 0 Å². The van der Waals surface area contributed by atoms with Crippen LogP contribution in [0.2, 0.25) is 10.0 Å². The Morgan fingerprint density at radius 2 is 1.95 bits per heavy atom. The number of nitrogens with zero attached hydrogens (tertiary/aromatic N) is 2. The maximum atomic E-state index is 12.5. The van der Waals surface area contributed by atoms with Crippen molar-refractivity contribution in [2.75, 3.05) is 26.8 Å². The van der Waals surface area contributed by atoms with Gasteiger partial charge in [-0.25, -0.2) is 0 Å². The van der Waals surface area contributed by atoms with Crippen molar-refractivity contribution in [3.05, 3.63) is 33.8 Å². The minimum atomic E-state index is -0.248. The van der Waals surface area contributed by atoms with Gasteiger partial charge in [0, 0.05) is 42.2 Å². The van der Waals surface area contributed by atoms with Crippen LogP contribution < -0.4 is 5.73 Å². The summed E-state index contributed by atoms with van der Waals surface area (Å²) in [5.74, 6) is -0.198. The predicted molar refractivity (Wildman–Crippen MR) is 82.3 cm³/mol. The molecule has 21 heavy (non-hydrogen) atoms. The van der Waals surface area contributed by atoms with E-state index in [0.29, 0.717) is 35.3 Å². The van der Waals surface area contributed by atoms with E-state index in [4.69, 9.17) is 38.9 Å². The summed E-state index contributed by atoms with van der Waals surface area (Å²) < 4.78 is 4.98. The third-order valence-electron chi connectivity index (χ3n) is 2.73. The molecule has 0 aromatic heterocycles. The van der Waals surface area contributed by atoms with Gasteiger partial charge < -0.3 is 20.6 Å². The highest BCUT2D eigenvalue weighted by atomic mass is 35.5. The molecule has 0 saturated carbocycles. The molecule has 0 radical (unpaired) electrons. The zero-order valence-electron chi connectivity index (χ0n) is 11.6. The van der Waals surface area contributed by atoms with Crippen LogP contribution in [0.5, 0.6) is 0 Å². The maximum absolute atomic E-state index is 12.5. The molecule has 0 atom stereocenters. The van der Waals surface area contributed by atoms with E-state index in [1.807, 2.05) is 0 Å². The molecule has 0 aliphatic rings. The van der Waals surface area contributed by atoms with Crippen LogP contribution in [0.1, 0.15) is 16.8 Å². The van der Waals surface area contributed by atoms with E-state index >= 15 is 0 Å². The largest absolute Gasteiger partial charge is 0.409 e. The van der Waals surface area contributed by atoms with Crippen molar-refractivity contribution in [3.63, 3.8) is 0 Å². The number of carbonyl (C=O) groups excluding carboxylic acids is 1. The molecule has 0 bridgehead atoms. The highest BCUT2D eigenvalue weighted by Crippen LogP contribution is 2.20. The summed E-state index contributed by atoms with van der Waals surface area (Å²) in [5, 5.41) is 12.2. The SMILES string of the molecule is COCCN(CCC(N)=NO)C(=O)c1cc(Cl)cc(Cl)c1. The summed E-state index contributed by atoms with van der Waals surface area (Å²) in [5.41, 5.74) is 5.80. The van der Waals surface area contributed by atoms with Crippen molar-refractivity contribution < 1.29 is 14.7 Å². The Hall–Kier alpha value is -1.50. The quantitative estimate of drug-likeness (QED) is 0.346. The first-order valence-electron chi connectivity index (χ1n) is 6.18. The van der Waals surface area contributed by atoms with Gasteiger partial charge in [0.25, 0.3) is 5.91 Å². The number of amidine groups is 1. The molecule has 0 saturated heterocycles. The van der Waals surface area contributed by atoms with E-state index in [-0.39, 0.29) is 18.2 Å². The van der Waals surface area contributed by atoms with E-state index < -0.39 is 0 Å². The minimum Gasteiger partial charge on any atom is -0.409 e. The summed E-state index contributed by atoms with van der Waals surface area (Å²) in [4.78, 5) is 14.0. The zero-order chi connectivity index (χ0) is 15.8. The molecular formula is C13H17Cl2N3O3. The molecule has 8 heteroatoms. The number of carbonyl (C=O) groups is 1. The van der Waals surface area contributed by atoms with Gasteiger partial charge in [-0.3, -0.25) is 4.79 Å². The molecule has 0 fully saturated rings. The van der Waals surface area contributed by atoms with Crippen molar-refractivity contribution >= 4 is 34.9 Å². The number of oxime groups is 1. The van der Waals surface area contributed by atoms with Crippen LogP contribution in [0.25, 0.3) is 0 Å². The topological polar surface area (TPSA) is 88.2 Å². The van der Waals surface area contributed by atoms with Gasteiger partial charge in [0.15, 0.2) is 0 Å². The number of rotatable bonds is 7. The number of hydrogen-bond donors (Lipinski definition) is 2. The molecule has 116 valence electrons. The van der Waals surface area contributed by atoms with Crippen LogP contribution >= 0.6 is 23.2 Å². The second-order valence-corrected chi connectivity index (χ2v) is 5.16. The van der Waals surface area contributed by atoms with E-state index in [1.54, 1.807) is 25.3 Å². The van der Waals surface area contributed by atoms with Gasteiger partial charge in [-0.2, -0.15) is 0 Å². The molecule has 1 aromatic rings. The fourth-order valence-corrected chi connectivity index (χ4v) is 2.20. The smallest absolute Gasteiger partial charge is 0.254 e. The third-order valence-corrected chi connectivity index (χ3v) is 3.16. The van der Waals surface area contributed by atoms with Crippen molar-refractivity contribution in [1.29, 1.82) is 0 Å². The van der Waals surface area contributed by atoms with E-state index in [9.17, 15) is 4.79 Å². The van der Waals surface area contributed by atoms with Crippen LogP contribution in [-0.4, -0.2) is 48.7 Å². The molecule has 0 unspecified atom stereocenters. The molecule has 0 aliphatic heterocycles. The lowest BCUT2D eigenvalue weighted by Gasteiger charge is -2.22. The standard InChI is InChI=1S/C13H17Cl2N3O3/c1-21-5-4-18(3-2-12(16)17-20)13(19)9-6-10(14)8-11(15)7-9/h6-8,20H,2-5H2,1H3,(H2,16,17). The van der Waals surface area contributed by atoms with Gasteiger partial charge in [-0.1, -0.05) is 28.4 Å². The number of amides is 1. The fraction of sp³-hybridized carbons (Fsp3) is 0.385. The highest BCUT2D eigenvalue weighted by molar-refractivity contribution is 6.35.